The lowest BCUT2D eigenvalue weighted by atomic mass is 10.1. The Labute approximate surface area is 121 Å². The fourth-order valence-corrected chi connectivity index (χ4v) is 2.81. The molecule has 5 heteroatoms. The fraction of sp³-hybridized carbons (Fsp3) is 0.125. The standard InChI is InChI=1S/C16H15N5/c1-10-7-8-11(17)9-12(10)15-18-19-16-20(2)13-5-3-4-6-14(13)21(15)16/h3-9H,17H2,1-2H3. The van der Waals surface area contributed by atoms with Gasteiger partial charge in [0.15, 0.2) is 5.82 Å². The molecule has 2 aromatic carbocycles. The van der Waals surface area contributed by atoms with Gasteiger partial charge in [-0.3, -0.25) is 4.40 Å². The molecule has 104 valence electrons. The molecule has 0 saturated carbocycles. The van der Waals surface area contributed by atoms with Gasteiger partial charge < -0.3 is 10.3 Å². The molecule has 2 N–H and O–H groups in total. The van der Waals surface area contributed by atoms with Crippen molar-refractivity contribution in [1.82, 2.24) is 19.2 Å². The Hall–Kier alpha value is -2.82. The minimum absolute atomic E-state index is 0.729. The van der Waals surface area contributed by atoms with Gasteiger partial charge in [-0.25, -0.2) is 0 Å². The molecule has 4 rings (SSSR count). The molecular formula is C16H15N5. The van der Waals surface area contributed by atoms with Crippen LogP contribution in [0.15, 0.2) is 42.5 Å². The number of anilines is 1. The van der Waals surface area contributed by atoms with Crippen LogP contribution in [0, 0.1) is 6.92 Å². The van der Waals surface area contributed by atoms with E-state index in [-0.39, 0.29) is 0 Å². The summed E-state index contributed by atoms with van der Waals surface area (Å²) in [5.74, 6) is 1.65. The van der Waals surface area contributed by atoms with Gasteiger partial charge in [0.1, 0.15) is 0 Å². The van der Waals surface area contributed by atoms with Crippen LogP contribution in [0.25, 0.3) is 28.2 Å². The maximum Gasteiger partial charge on any atom is 0.236 e. The van der Waals surface area contributed by atoms with Crippen LogP contribution < -0.4 is 5.73 Å². The van der Waals surface area contributed by atoms with Gasteiger partial charge >= 0.3 is 0 Å². The number of nitrogens with zero attached hydrogens (tertiary/aromatic N) is 4. The Kier molecular flexibility index (Phi) is 2.33. The summed E-state index contributed by atoms with van der Waals surface area (Å²) < 4.78 is 4.13. The molecule has 0 aliphatic heterocycles. The minimum atomic E-state index is 0.729. The summed E-state index contributed by atoms with van der Waals surface area (Å²) in [6.45, 7) is 2.06. The van der Waals surface area contributed by atoms with Crippen LogP contribution in [-0.4, -0.2) is 19.2 Å². The zero-order valence-corrected chi connectivity index (χ0v) is 11.9. The predicted molar refractivity (Wildman–Crippen MR) is 84.0 cm³/mol. The van der Waals surface area contributed by atoms with Crippen molar-refractivity contribution < 1.29 is 0 Å². The van der Waals surface area contributed by atoms with E-state index in [1.807, 2.05) is 41.9 Å². The highest BCUT2D eigenvalue weighted by molar-refractivity contribution is 5.83. The summed E-state index contributed by atoms with van der Waals surface area (Å²) in [7, 11) is 2.00. The summed E-state index contributed by atoms with van der Waals surface area (Å²) in [5, 5.41) is 8.71. The number of hydrogen-bond donors (Lipinski definition) is 1. The number of aromatic nitrogens is 4. The van der Waals surface area contributed by atoms with Crippen LogP contribution in [0.5, 0.6) is 0 Å². The normalized spacial score (nSPS) is 11.5. The van der Waals surface area contributed by atoms with Crippen molar-refractivity contribution in [1.29, 1.82) is 0 Å². The lowest BCUT2D eigenvalue weighted by Gasteiger charge is -2.04. The van der Waals surface area contributed by atoms with Crippen molar-refractivity contribution in [2.24, 2.45) is 7.05 Å². The van der Waals surface area contributed by atoms with E-state index in [9.17, 15) is 0 Å². The fourth-order valence-electron chi connectivity index (χ4n) is 2.81. The van der Waals surface area contributed by atoms with E-state index in [1.54, 1.807) is 0 Å². The van der Waals surface area contributed by atoms with E-state index in [2.05, 4.69) is 33.7 Å². The van der Waals surface area contributed by atoms with E-state index < -0.39 is 0 Å². The topological polar surface area (TPSA) is 61.1 Å². The second-order valence-electron chi connectivity index (χ2n) is 5.28. The van der Waals surface area contributed by atoms with E-state index in [4.69, 9.17) is 5.73 Å². The Morgan fingerprint density at radius 3 is 2.57 bits per heavy atom. The third-order valence-electron chi connectivity index (χ3n) is 3.93. The van der Waals surface area contributed by atoms with Crippen molar-refractivity contribution in [2.75, 3.05) is 5.73 Å². The molecule has 0 fully saturated rings. The molecule has 2 heterocycles. The lowest BCUT2D eigenvalue weighted by molar-refractivity contribution is 0.954. The molecule has 4 aromatic rings. The second-order valence-corrected chi connectivity index (χ2v) is 5.28. The molecule has 0 aliphatic rings. The maximum atomic E-state index is 5.93. The van der Waals surface area contributed by atoms with Crippen LogP contribution >= 0.6 is 0 Å². The molecule has 0 spiro atoms. The summed E-state index contributed by atoms with van der Waals surface area (Å²) in [6.07, 6.45) is 0. The van der Waals surface area contributed by atoms with Crippen LogP contribution in [0.3, 0.4) is 0 Å². The molecule has 2 aromatic heterocycles. The number of rotatable bonds is 1. The Bertz CT molecular complexity index is 977. The van der Waals surface area contributed by atoms with Crippen LogP contribution in [-0.2, 0) is 7.05 Å². The van der Waals surface area contributed by atoms with E-state index in [0.29, 0.717) is 0 Å². The Morgan fingerprint density at radius 1 is 1.00 bits per heavy atom. The summed E-state index contributed by atoms with van der Waals surface area (Å²) in [4.78, 5) is 0. The average molecular weight is 277 g/mol. The number of hydrogen-bond acceptors (Lipinski definition) is 3. The molecule has 0 radical (unpaired) electrons. The van der Waals surface area contributed by atoms with Gasteiger partial charge in [0.25, 0.3) is 0 Å². The number of fused-ring (bicyclic) bond motifs is 3. The Balaban J connectivity index is 2.15. The first-order valence-electron chi connectivity index (χ1n) is 6.82. The highest BCUT2D eigenvalue weighted by Crippen LogP contribution is 2.28. The molecule has 0 unspecified atom stereocenters. The van der Waals surface area contributed by atoms with Crippen molar-refractivity contribution in [3.63, 3.8) is 0 Å². The first kappa shape index (κ1) is 12.0. The van der Waals surface area contributed by atoms with Crippen LogP contribution in [0.2, 0.25) is 0 Å². The number of para-hydroxylation sites is 2. The third-order valence-corrected chi connectivity index (χ3v) is 3.93. The number of nitrogen functional groups attached to an aromatic ring is 1. The summed E-state index contributed by atoms with van der Waals surface area (Å²) in [6, 6.07) is 14.1. The molecule has 0 atom stereocenters. The number of benzene rings is 2. The number of nitrogens with two attached hydrogens (primary N) is 1. The van der Waals surface area contributed by atoms with E-state index in [0.717, 1.165) is 39.4 Å². The van der Waals surface area contributed by atoms with Gasteiger partial charge in [-0.15, -0.1) is 10.2 Å². The van der Waals surface area contributed by atoms with Gasteiger partial charge in [0.2, 0.25) is 5.78 Å². The molecular weight excluding hydrogens is 262 g/mol. The third kappa shape index (κ3) is 1.57. The first-order chi connectivity index (χ1) is 10.2. The Morgan fingerprint density at radius 2 is 1.76 bits per heavy atom. The summed E-state index contributed by atoms with van der Waals surface area (Å²) in [5.41, 5.74) is 11.0. The monoisotopic (exact) mass is 277 g/mol. The zero-order chi connectivity index (χ0) is 14.6. The van der Waals surface area contributed by atoms with Crippen molar-refractivity contribution in [2.45, 2.75) is 6.92 Å². The molecule has 0 saturated heterocycles. The van der Waals surface area contributed by atoms with Gasteiger partial charge in [-0.05, 0) is 36.8 Å². The molecule has 5 nitrogen and oxygen atoms in total. The SMILES string of the molecule is Cc1ccc(N)cc1-c1nnc2n(C)c3ccccc3n12. The van der Waals surface area contributed by atoms with Gasteiger partial charge in [-0.2, -0.15) is 0 Å². The van der Waals surface area contributed by atoms with Crippen LogP contribution in [0.1, 0.15) is 5.56 Å². The first-order valence-corrected chi connectivity index (χ1v) is 6.82. The summed E-state index contributed by atoms with van der Waals surface area (Å²) >= 11 is 0. The molecule has 0 amide bonds. The van der Waals surface area contributed by atoms with Gasteiger partial charge in [-0.1, -0.05) is 18.2 Å². The van der Waals surface area contributed by atoms with Gasteiger partial charge in [0.05, 0.1) is 11.0 Å². The minimum Gasteiger partial charge on any atom is -0.399 e. The largest absolute Gasteiger partial charge is 0.399 e. The average Bonchev–Trinajstić information content (AvgIpc) is 3.03. The quantitative estimate of drug-likeness (QED) is 0.544. The van der Waals surface area contributed by atoms with Gasteiger partial charge in [0, 0.05) is 18.3 Å². The second kappa shape index (κ2) is 4.09. The number of aryl methyl sites for hydroxylation is 2. The lowest BCUT2D eigenvalue weighted by Crippen LogP contribution is -1.93. The van der Waals surface area contributed by atoms with E-state index >= 15 is 0 Å². The van der Waals surface area contributed by atoms with Crippen molar-refractivity contribution >= 4 is 22.5 Å². The van der Waals surface area contributed by atoms with Crippen molar-refractivity contribution in [3.8, 4) is 11.4 Å². The van der Waals surface area contributed by atoms with Crippen molar-refractivity contribution in [3.05, 3.63) is 48.0 Å². The molecule has 0 aliphatic carbocycles. The molecule has 0 bridgehead atoms. The molecule has 21 heavy (non-hydrogen) atoms. The van der Waals surface area contributed by atoms with E-state index in [1.165, 1.54) is 0 Å². The maximum absolute atomic E-state index is 5.93. The number of imidazole rings is 1. The predicted octanol–water partition coefficient (Wildman–Crippen LogP) is 2.78. The zero-order valence-electron chi connectivity index (χ0n) is 11.9. The highest BCUT2D eigenvalue weighted by atomic mass is 15.3. The smallest absolute Gasteiger partial charge is 0.236 e. The highest BCUT2D eigenvalue weighted by Gasteiger charge is 2.17. The van der Waals surface area contributed by atoms with Crippen LogP contribution in [0.4, 0.5) is 5.69 Å².